The van der Waals surface area contributed by atoms with Crippen molar-refractivity contribution < 1.29 is 28.8 Å². The molecule has 0 bridgehead atoms. The van der Waals surface area contributed by atoms with Crippen molar-refractivity contribution in [3.8, 4) is 5.75 Å². The molecule has 0 heterocycles. The fraction of sp³-hybridized carbons (Fsp3) is 0.526. The van der Waals surface area contributed by atoms with Crippen LogP contribution in [0.2, 0.25) is 0 Å². The molecule has 1 aromatic rings. The largest absolute Gasteiger partial charge is 0.495 e. The van der Waals surface area contributed by atoms with Gasteiger partial charge in [-0.05, 0) is 30.5 Å². The SMILES string of the molecule is COc1ccc(C)cc1NC(=O)COC(=O)C[C@H]1C(=O)C[C@@H](C)[C@H]1C[N+](=O)[O-]. The summed E-state index contributed by atoms with van der Waals surface area (Å²) in [7, 11) is 1.47. The fourth-order valence-electron chi connectivity index (χ4n) is 3.49. The molecule has 1 fully saturated rings. The number of nitro groups is 1. The third-order valence-electron chi connectivity index (χ3n) is 4.92. The lowest BCUT2D eigenvalue weighted by Gasteiger charge is -2.17. The van der Waals surface area contributed by atoms with Gasteiger partial charge < -0.3 is 14.8 Å². The maximum Gasteiger partial charge on any atom is 0.307 e. The molecule has 28 heavy (non-hydrogen) atoms. The maximum atomic E-state index is 12.1. The summed E-state index contributed by atoms with van der Waals surface area (Å²) < 4.78 is 10.1. The Balaban J connectivity index is 1.89. The number of Topliss-reactive ketones (excluding diaryl/α,β-unsaturated/α-hetero) is 1. The molecule has 9 nitrogen and oxygen atoms in total. The van der Waals surface area contributed by atoms with Crippen LogP contribution < -0.4 is 10.1 Å². The van der Waals surface area contributed by atoms with Gasteiger partial charge in [-0.15, -0.1) is 0 Å². The van der Waals surface area contributed by atoms with Gasteiger partial charge in [0.25, 0.3) is 5.91 Å². The lowest BCUT2D eigenvalue weighted by Crippen LogP contribution is -2.28. The van der Waals surface area contributed by atoms with Crippen molar-refractivity contribution >= 4 is 23.3 Å². The highest BCUT2D eigenvalue weighted by atomic mass is 16.6. The minimum Gasteiger partial charge on any atom is -0.495 e. The predicted octanol–water partition coefficient (Wildman–Crippen LogP) is 1.99. The molecular weight excluding hydrogens is 368 g/mol. The van der Waals surface area contributed by atoms with Crippen LogP contribution in [0.3, 0.4) is 0 Å². The molecule has 152 valence electrons. The number of carbonyl (C=O) groups excluding carboxylic acids is 3. The third kappa shape index (κ3) is 5.51. The summed E-state index contributed by atoms with van der Waals surface area (Å²) in [4.78, 5) is 46.5. The average molecular weight is 392 g/mol. The van der Waals surface area contributed by atoms with Crippen molar-refractivity contribution in [2.24, 2.45) is 17.8 Å². The Labute approximate surface area is 162 Å². The second kappa shape index (κ2) is 9.29. The molecule has 1 aliphatic rings. The molecule has 0 spiro atoms. The number of aryl methyl sites for hydroxylation is 1. The van der Waals surface area contributed by atoms with Gasteiger partial charge in [0.2, 0.25) is 6.54 Å². The van der Waals surface area contributed by atoms with E-state index in [2.05, 4.69) is 5.32 Å². The lowest BCUT2D eigenvalue weighted by atomic mass is 9.88. The van der Waals surface area contributed by atoms with Gasteiger partial charge >= 0.3 is 5.97 Å². The number of nitrogens with one attached hydrogen (secondary N) is 1. The van der Waals surface area contributed by atoms with Crippen molar-refractivity contribution in [2.75, 3.05) is 25.6 Å². The zero-order valence-electron chi connectivity index (χ0n) is 16.1. The minimum atomic E-state index is -0.743. The van der Waals surface area contributed by atoms with E-state index < -0.39 is 35.2 Å². The van der Waals surface area contributed by atoms with E-state index in [4.69, 9.17) is 9.47 Å². The van der Waals surface area contributed by atoms with Crippen molar-refractivity contribution in [1.29, 1.82) is 0 Å². The summed E-state index contributed by atoms with van der Waals surface area (Å²) in [6.07, 6.45) is -0.0488. The number of anilines is 1. The van der Waals surface area contributed by atoms with Gasteiger partial charge in [-0.2, -0.15) is 0 Å². The molecule has 1 saturated carbocycles. The molecule has 1 aliphatic carbocycles. The van der Waals surface area contributed by atoms with Crippen LogP contribution in [0, 0.1) is 34.8 Å². The van der Waals surface area contributed by atoms with Crippen LogP contribution in [0.4, 0.5) is 5.69 Å². The van der Waals surface area contributed by atoms with Crippen LogP contribution >= 0.6 is 0 Å². The molecule has 0 saturated heterocycles. The van der Waals surface area contributed by atoms with Crippen LogP contribution in [0.15, 0.2) is 18.2 Å². The summed E-state index contributed by atoms with van der Waals surface area (Å²) in [5.41, 5.74) is 1.37. The Morgan fingerprint density at radius 3 is 2.71 bits per heavy atom. The number of hydrogen-bond donors (Lipinski definition) is 1. The van der Waals surface area contributed by atoms with Crippen LogP contribution in [-0.4, -0.2) is 42.8 Å². The number of benzene rings is 1. The van der Waals surface area contributed by atoms with Crippen LogP contribution in [0.25, 0.3) is 0 Å². The first-order valence-electron chi connectivity index (χ1n) is 8.96. The number of carbonyl (C=O) groups is 3. The summed E-state index contributed by atoms with van der Waals surface area (Å²) in [6.45, 7) is 2.74. The molecular formula is C19H24N2O7. The second-order valence-corrected chi connectivity index (χ2v) is 7.05. The van der Waals surface area contributed by atoms with E-state index in [1.54, 1.807) is 19.1 Å². The lowest BCUT2D eigenvalue weighted by molar-refractivity contribution is -0.490. The smallest absolute Gasteiger partial charge is 0.307 e. The van der Waals surface area contributed by atoms with Gasteiger partial charge in [-0.25, -0.2) is 0 Å². The Hall–Kier alpha value is -2.97. The van der Waals surface area contributed by atoms with Crippen LogP contribution in [0.1, 0.15) is 25.3 Å². The highest BCUT2D eigenvalue weighted by Crippen LogP contribution is 2.36. The van der Waals surface area contributed by atoms with Crippen LogP contribution in [-0.2, 0) is 19.1 Å². The first-order valence-corrected chi connectivity index (χ1v) is 8.96. The van der Waals surface area contributed by atoms with Gasteiger partial charge in [0.15, 0.2) is 6.61 Å². The Bertz CT molecular complexity index is 778. The summed E-state index contributed by atoms with van der Waals surface area (Å²) in [6, 6.07) is 5.26. The van der Waals surface area contributed by atoms with Crippen LogP contribution in [0.5, 0.6) is 5.75 Å². The first-order chi connectivity index (χ1) is 13.2. The molecule has 1 N–H and O–H groups in total. The number of nitrogens with zero attached hydrogens (tertiary/aromatic N) is 1. The molecule has 0 aromatic heterocycles. The molecule has 9 heteroatoms. The van der Waals surface area contributed by atoms with Crippen molar-refractivity contribution in [3.05, 3.63) is 33.9 Å². The number of rotatable bonds is 8. The Kier molecular flexibility index (Phi) is 7.08. The van der Waals surface area contributed by atoms with E-state index in [-0.39, 0.29) is 31.1 Å². The molecule has 1 amide bonds. The topological polar surface area (TPSA) is 125 Å². The van der Waals surface area contributed by atoms with Gasteiger partial charge in [0.1, 0.15) is 11.5 Å². The fourth-order valence-corrected chi connectivity index (χ4v) is 3.49. The van der Waals surface area contributed by atoms with E-state index in [0.717, 1.165) is 5.56 Å². The number of ether oxygens (including phenoxy) is 2. The quantitative estimate of drug-likeness (QED) is 0.407. The first kappa shape index (κ1) is 21.3. The van der Waals surface area contributed by atoms with E-state index in [1.807, 2.05) is 13.0 Å². The molecule has 0 radical (unpaired) electrons. The van der Waals surface area contributed by atoms with Gasteiger partial charge in [-0.3, -0.25) is 24.5 Å². The number of ketones is 1. The summed E-state index contributed by atoms with van der Waals surface area (Å²) in [5, 5.41) is 13.4. The maximum absolute atomic E-state index is 12.1. The van der Waals surface area contributed by atoms with E-state index in [0.29, 0.717) is 11.4 Å². The Morgan fingerprint density at radius 2 is 2.07 bits per heavy atom. The minimum absolute atomic E-state index is 0.159. The highest BCUT2D eigenvalue weighted by Gasteiger charge is 2.44. The number of esters is 1. The summed E-state index contributed by atoms with van der Waals surface area (Å²) >= 11 is 0. The predicted molar refractivity (Wildman–Crippen MR) is 99.6 cm³/mol. The van der Waals surface area contributed by atoms with Gasteiger partial charge in [-0.1, -0.05) is 13.0 Å². The van der Waals surface area contributed by atoms with Crippen molar-refractivity contribution in [1.82, 2.24) is 0 Å². The molecule has 1 aromatic carbocycles. The Morgan fingerprint density at radius 1 is 1.36 bits per heavy atom. The molecule has 3 atom stereocenters. The van der Waals surface area contributed by atoms with Crippen molar-refractivity contribution in [2.45, 2.75) is 26.7 Å². The summed E-state index contributed by atoms with van der Waals surface area (Å²) in [5.74, 6) is -2.39. The molecule has 2 rings (SSSR count). The molecule has 0 unspecified atom stereocenters. The highest BCUT2D eigenvalue weighted by molar-refractivity contribution is 5.94. The number of methoxy groups -OCH3 is 1. The number of amides is 1. The molecule has 0 aliphatic heterocycles. The monoisotopic (exact) mass is 392 g/mol. The zero-order chi connectivity index (χ0) is 20.8. The third-order valence-corrected chi connectivity index (χ3v) is 4.92. The number of hydrogen-bond acceptors (Lipinski definition) is 7. The average Bonchev–Trinajstić information content (AvgIpc) is 2.86. The van der Waals surface area contributed by atoms with Gasteiger partial charge in [0, 0.05) is 23.2 Å². The second-order valence-electron chi connectivity index (χ2n) is 7.05. The zero-order valence-corrected chi connectivity index (χ0v) is 16.1. The van der Waals surface area contributed by atoms with Crippen molar-refractivity contribution in [3.63, 3.8) is 0 Å². The van der Waals surface area contributed by atoms with E-state index >= 15 is 0 Å². The van der Waals surface area contributed by atoms with Gasteiger partial charge in [0.05, 0.1) is 19.2 Å². The van der Waals surface area contributed by atoms with E-state index in [9.17, 15) is 24.5 Å². The normalized spacial score (nSPS) is 21.2. The standard InChI is InChI=1S/C19H24N2O7/c1-11-4-5-17(27-3)15(6-11)20-18(23)10-28-19(24)8-13-14(9-21(25)26)12(2)7-16(13)22/h4-6,12-14H,7-10H2,1-3H3,(H,20,23)/t12-,13-,14-/m1/s1. The van der Waals surface area contributed by atoms with E-state index in [1.165, 1.54) is 7.11 Å².